The number of benzene rings is 1. The molecule has 2 aromatic heterocycles. The maximum atomic E-state index is 14.6. The monoisotopic (exact) mass is 451 g/mol. The van der Waals surface area contributed by atoms with Crippen molar-refractivity contribution in [2.45, 2.75) is 13.0 Å². The number of hydrazine groups is 1. The molecule has 0 saturated carbocycles. The maximum Gasteiger partial charge on any atom is 0.334 e. The van der Waals surface area contributed by atoms with Crippen molar-refractivity contribution >= 4 is 23.5 Å². The van der Waals surface area contributed by atoms with Gasteiger partial charge in [-0.3, -0.25) is 15.2 Å². The number of rotatable bonds is 5. The normalized spacial score (nSPS) is 11.5. The lowest BCUT2D eigenvalue weighted by Crippen LogP contribution is -2.47. The second-order valence-corrected chi connectivity index (χ2v) is 6.58. The zero-order valence-corrected chi connectivity index (χ0v) is 17.0. The Morgan fingerprint density at radius 1 is 1.19 bits per heavy atom. The molecular weight excluding hydrogens is 436 g/mol. The van der Waals surface area contributed by atoms with Gasteiger partial charge in [0.2, 0.25) is 5.76 Å². The first kappa shape index (κ1) is 22.0. The van der Waals surface area contributed by atoms with Crippen LogP contribution in [0.25, 0.3) is 11.1 Å². The van der Waals surface area contributed by atoms with Crippen LogP contribution in [0.1, 0.15) is 29.2 Å². The van der Waals surface area contributed by atoms with E-state index in [4.69, 9.17) is 20.9 Å². The second-order valence-electron chi connectivity index (χ2n) is 6.20. The zero-order chi connectivity index (χ0) is 22.5. The Morgan fingerprint density at radius 3 is 2.65 bits per heavy atom. The van der Waals surface area contributed by atoms with E-state index in [-0.39, 0.29) is 33.5 Å². The van der Waals surface area contributed by atoms with Crippen molar-refractivity contribution in [1.82, 2.24) is 26.3 Å². The third-order valence-electron chi connectivity index (χ3n) is 4.10. The molecule has 0 radical (unpaired) electrons. The molecule has 0 aliphatic heterocycles. The van der Waals surface area contributed by atoms with E-state index in [1.807, 2.05) is 0 Å². The van der Waals surface area contributed by atoms with Crippen LogP contribution in [-0.4, -0.2) is 29.2 Å². The summed E-state index contributed by atoms with van der Waals surface area (Å²) in [6.45, 7) is 1.49. The maximum absolute atomic E-state index is 14.6. The van der Waals surface area contributed by atoms with Crippen LogP contribution in [-0.2, 0) is 0 Å². The van der Waals surface area contributed by atoms with E-state index < -0.39 is 29.6 Å². The van der Waals surface area contributed by atoms with E-state index in [1.165, 1.54) is 44.5 Å². The van der Waals surface area contributed by atoms with E-state index in [1.54, 1.807) is 0 Å². The standard InChI is InChI=1S/C19H16ClF2N5O4/c1-9(24-19(29)26-25-18(28)14-7-15(30-2)27-31-14)17-13(22)6-10(8-23-17)11-4-3-5-12(21)16(11)20/h3-9H,1-2H3,(H,25,28)(H2,24,26,29)/t9-/m1/s1. The van der Waals surface area contributed by atoms with Crippen LogP contribution in [0.15, 0.2) is 41.1 Å². The van der Waals surface area contributed by atoms with Crippen LogP contribution in [0.2, 0.25) is 5.02 Å². The number of halogens is 3. The Labute approximate surface area is 179 Å². The Bertz CT molecular complexity index is 1120. The van der Waals surface area contributed by atoms with Crippen molar-refractivity contribution in [3.63, 3.8) is 0 Å². The summed E-state index contributed by atoms with van der Waals surface area (Å²) in [4.78, 5) is 27.9. The van der Waals surface area contributed by atoms with E-state index in [0.717, 1.165) is 6.07 Å². The molecule has 0 aliphatic carbocycles. The van der Waals surface area contributed by atoms with Gasteiger partial charge in [0.25, 0.3) is 5.88 Å². The van der Waals surface area contributed by atoms with Gasteiger partial charge in [-0.1, -0.05) is 23.7 Å². The Balaban J connectivity index is 1.62. The number of carbonyl (C=O) groups excluding carboxylic acids is 2. The lowest BCUT2D eigenvalue weighted by molar-refractivity contribution is 0.0898. The highest BCUT2D eigenvalue weighted by Gasteiger charge is 2.19. The van der Waals surface area contributed by atoms with Gasteiger partial charge >= 0.3 is 11.9 Å². The summed E-state index contributed by atoms with van der Waals surface area (Å²) in [7, 11) is 1.35. The number of aromatic nitrogens is 2. The van der Waals surface area contributed by atoms with E-state index in [0.29, 0.717) is 0 Å². The number of ether oxygens (including phenoxy) is 1. The van der Waals surface area contributed by atoms with Crippen LogP contribution in [0, 0.1) is 11.6 Å². The van der Waals surface area contributed by atoms with Crippen molar-refractivity contribution in [2.24, 2.45) is 0 Å². The lowest BCUT2D eigenvalue weighted by Gasteiger charge is -2.16. The molecular formula is C19H16ClF2N5O4. The third-order valence-corrected chi connectivity index (χ3v) is 4.49. The molecule has 3 aromatic rings. The molecule has 162 valence electrons. The van der Waals surface area contributed by atoms with Gasteiger partial charge in [-0.2, -0.15) is 0 Å². The average molecular weight is 452 g/mol. The Morgan fingerprint density at radius 2 is 1.97 bits per heavy atom. The molecule has 3 amide bonds. The van der Waals surface area contributed by atoms with Crippen molar-refractivity contribution < 1.29 is 27.6 Å². The number of carbonyl (C=O) groups is 2. The fraction of sp³-hybridized carbons (Fsp3) is 0.158. The summed E-state index contributed by atoms with van der Waals surface area (Å²) >= 11 is 5.92. The molecule has 0 fully saturated rings. The molecule has 0 bridgehead atoms. The average Bonchev–Trinajstić information content (AvgIpc) is 3.23. The number of nitrogens with one attached hydrogen (secondary N) is 3. The van der Waals surface area contributed by atoms with Crippen LogP contribution in [0.3, 0.4) is 0 Å². The predicted octanol–water partition coefficient (Wildman–Crippen LogP) is 3.38. The van der Waals surface area contributed by atoms with Crippen molar-refractivity contribution in [3.05, 3.63) is 64.6 Å². The van der Waals surface area contributed by atoms with Gasteiger partial charge in [0, 0.05) is 17.3 Å². The number of amides is 3. The summed E-state index contributed by atoms with van der Waals surface area (Å²) in [5.74, 6) is -2.25. The second kappa shape index (κ2) is 9.39. The predicted molar refractivity (Wildman–Crippen MR) is 105 cm³/mol. The minimum atomic E-state index is -0.862. The molecule has 3 rings (SSSR count). The molecule has 31 heavy (non-hydrogen) atoms. The summed E-state index contributed by atoms with van der Waals surface area (Å²) in [6.07, 6.45) is 1.31. The van der Waals surface area contributed by atoms with E-state index in [2.05, 4.69) is 26.3 Å². The van der Waals surface area contributed by atoms with E-state index in [9.17, 15) is 18.4 Å². The number of pyridine rings is 1. The van der Waals surface area contributed by atoms with Crippen LogP contribution in [0.5, 0.6) is 5.88 Å². The minimum Gasteiger partial charge on any atom is -0.479 e. The van der Waals surface area contributed by atoms with Crippen molar-refractivity contribution in [1.29, 1.82) is 0 Å². The molecule has 1 atom stereocenters. The van der Waals surface area contributed by atoms with E-state index >= 15 is 0 Å². The van der Waals surface area contributed by atoms with Gasteiger partial charge in [-0.05, 0) is 24.2 Å². The zero-order valence-electron chi connectivity index (χ0n) is 16.2. The molecule has 12 heteroatoms. The Hall–Kier alpha value is -3.73. The molecule has 9 nitrogen and oxygen atoms in total. The van der Waals surface area contributed by atoms with Gasteiger partial charge in [0.05, 0.1) is 29.9 Å². The number of nitrogens with zero attached hydrogens (tertiary/aromatic N) is 2. The summed E-state index contributed by atoms with van der Waals surface area (Å²) < 4.78 is 37.7. The quantitative estimate of drug-likeness (QED) is 0.512. The van der Waals surface area contributed by atoms with Gasteiger partial charge < -0.3 is 14.6 Å². The SMILES string of the molecule is COc1cc(C(=O)NNC(=O)N[C@H](C)c2ncc(-c3cccc(F)c3Cl)cc2F)on1. The molecule has 0 unspecified atom stereocenters. The van der Waals surface area contributed by atoms with Gasteiger partial charge in [-0.15, -0.1) is 0 Å². The molecule has 2 heterocycles. The van der Waals surface area contributed by atoms with Crippen LogP contribution < -0.4 is 20.9 Å². The summed E-state index contributed by atoms with van der Waals surface area (Å²) in [6, 6.07) is 4.84. The largest absolute Gasteiger partial charge is 0.479 e. The van der Waals surface area contributed by atoms with Crippen LogP contribution in [0.4, 0.5) is 13.6 Å². The van der Waals surface area contributed by atoms with Crippen molar-refractivity contribution in [3.8, 4) is 17.0 Å². The topological polar surface area (TPSA) is 118 Å². The number of hydrogen-bond donors (Lipinski definition) is 3. The molecule has 1 aromatic carbocycles. The minimum absolute atomic E-state index is 0.0716. The lowest BCUT2D eigenvalue weighted by atomic mass is 10.1. The Kier molecular flexibility index (Phi) is 6.65. The third kappa shape index (κ3) is 5.07. The fourth-order valence-electron chi connectivity index (χ4n) is 2.58. The first-order valence-corrected chi connectivity index (χ1v) is 9.15. The molecule has 0 aliphatic rings. The summed E-state index contributed by atoms with van der Waals surface area (Å²) in [5.41, 5.74) is 4.67. The smallest absolute Gasteiger partial charge is 0.334 e. The highest BCUT2D eigenvalue weighted by atomic mass is 35.5. The number of hydrogen-bond acceptors (Lipinski definition) is 6. The molecule has 0 spiro atoms. The summed E-state index contributed by atoms with van der Waals surface area (Å²) in [5, 5.41) is 5.72. The number of methoxy groups -OCH3 is 1. The highest BCUT2D eigenvalue weighted by Crippen LogP contribution is 2.30. The van der Waals surface area contributed by atoms with Crippen molar-refractivity contribution in [2.75, 3.05) is 7.11 Å². The first-order chi connectivity index (χ1) is 14.8. The van der Waals surface area contributed by atoms with Crippen LogP contribution >= 0.6 is 11.6 Å². The van der Waals surface area contributed by atoms with Gasteiger partial charge in [0.1, 0.15) is 11.6 Å². The fourth-order valence-corrected chi connectivity index (χ4v) is 2.81. The first-order valence-electron chi connectivity index (χ1n) is 8.77. The molecule has 3 N–H and O–H groups in total. The van der Waals surface area contributed by atoms with Gasteiger partial charge in [-0.25, -0.2) is 19.0 Å². The highest BCUT2D eigenvalue weighted by molar-refractivity contribution is 6.33. The van der Waals surface area contributed by atoms with Gasteiger partial charge in [0.15, 0.2) is 0 Å². The number of urea groups is 1. The molecule has 0 saturated heterocycles.